The van der Waals surface area contributed by atoms with Crippen molar-refractivity contribution in [3.8, 4) is 0 Å². The van der Waals surface area contributed by atoms with Crippen molar-refractivity contribution in [2.24, 2.45) is 11.3 Å². The minimum atomic E-state index is 0.436. The quantitative estimate of drug-likeness (QED) is 0.799. The van der Waals surface area contributed by atoms with Crippen molar-refractivity contribution in [3.05, 3.63) is 11.2 Å². The fraction of sp³-hybridized carbons (Fsp3) is 0.714. The average molecular weight is 283 g/mol. The molecule has 1 heterocycles. The Bertz CT molecular complexity index is 429. The van der Waals surface area contributed by atoms with Crippen molar-refractivity contribution >= 4 is 23.4 Å². The van der Waals surface area contributed by atoms with Crippen molar-refractivity contribution < 1.29 is 0 Å². The zero-order valence-electron chi connectivity index (χ0n) is 12.0. The predicted octanol–water partition coefficient (Wildman–Crippen LogP) is 3.80. The summed E-state index contributed by atoms with van der Waals surface area (Å²) in [5.41, 5.74) is 0.436. The lowest BCUT2D eigenvalue weighted by molar-refractivity contribution is 0.380. The second kappa shape index (κ2) is 5.95. The van der Waals surface area contributed by atoms with Crippen LogP contribution in [0.25, 0.3) is 0 Å². The molecule has 2 N–H and O–H groups in total. The van der Waals surface area contributed by atoms with Crippen LogP contribution in [-0.2, 0) is 0 Å². The molecule has 0 amide bonds. The van der Waals surface area contributed by atoms with E-state index in [4.69, 9.17) is 11.6 Å². The van der Waals surface area contributed by atoms with Gasteiger partial charge in [0.15, 0.2) is 5.82 Å². The van der Waals surface area contributed by atoms with Gasteiger partial charge in [0.25, 0.3) is 0 Å². The van der Waals surface area contributed by atoms with Crippen molar-refractivity contribution in [3.63, 3.8) is 0 Å². The summed E-state index contributed by atoms with van der Waals surface area (Å²) in [4.78, 5) is 8.61. The van der Waals surface area contributed by atoms with E-state index in [1.165, 1.54) is 12.8 Å². The molecule has 2 rings (SSSR count). The molecular formula is C14H23ClN4. The number of hydrogen-bond donors (Lipinski definition) is 2. The SMILES string of the molecule is CCCNc1ncc(Cl)c(NCC2(C(C)C)CC2)n1. The van der Waals surface area contributed by atoms with Crippen LogP contribution in [0.3, 0.4) is 0 Å². The lowest BCUT2D eigenvalue weighted by Gasteiger charge is -2.20. The van der Waals surface area contributed by atoms with E-state index in [1.54, 1.807) is 6.20 Å². The topological polar surface area (TPSA) is 49.8 Å². The third-order valence-electron chi connectivity index (χ3n) is 4.00. The van der Waals surface area contributed by atoms with E-state index in [1.807, 2.05) is 0 Å². The van der Waals surface area contributed by atoms with Crippen LogP contribution in [0, 0.1) is 11.3 Å². The average Bonchev–Trinajstić information content (AvgIpc) is 3.17. The monoisotopic (exact) mass is 282 g/mol. The molecule has 0 aromatic carbocycles. The van der Waals surface area contributed by atoms with E-state index in [-0.39, 0.29) is 0 Å². The van der Waals surface area contributed by atoms with Gasteiger partial charge in [-0.15, -0.1) is 0 Å². The van der Waals surface area contributed by atoms with E-state index in [0.29, 0.717) is 22.3 Å². The maximum Gasteiger partial charge on any atom is 0.224 e. The molecule has 1 saturated carbocycles. The zero-order chi connectivity index (χ0) is 13.9. The Kier molecular flexibility index (Phi) is 4.50. The maximum atomic E-state index is 6.14. The molecule has 0 bridgehead atoms. The molecule has 5 heteroatoms. The molecule has 1 aromatic rings. The van der Waals surface area contributed by atoms with E-state index >= 15 is 0 Å². The third-order valence-corrected chi connectivity index (χ3v) is 4.28. The number of aromatic nitrogens is 2. The summed E-state index contributed by atoms with van der Waals surface area (Å²) in [6, 6.07) is 0. The van der Waals surface area contributed by atoms with Crippen molar-refractivity contribution in [1.82, 2.24) is 9.97 Å². The molecule has 0 aliphatic heterocycles. The highest BCUT2D eigenvalue weighted by molar-refractivity contribution is 6.32. The van der Waals surface area contributed by atoms with Crippen LogP contribution in [0.5, 0.6) is 0 Å². The summed E-state index contributed by atoms with van der Waals surface area (Å²) in [6.07, 6.45) is 5.29. The van der Waals surface area contributed by atoms with Gasteiger partial charge in [0.05, 0.1) is 6.20 Å². The number of hydrogen-bond acceptors (Lipinski definition) is 4. The van der Waals surface area contributed by atoms with Crippen molar-refractivity contribution in [1.29, 1.82) is 0 Å². The molecule has 1 aliphatic carbocycles. The second-order valence-electron chi connectivity index (χ2n) is 5.69. The first-order valence-corrected chi connectivity index (χ1v) is 7.45. The molecule has 106 valence electrons. The molecule has 0 atom stereocenters. The first kappa shape index (κ1) is 14.4. The Balaban J connectivity index is 1.99. The Morgan fingerprint density at radius 3 is 2.68 bits per heavy atom. The van der Waals surface area contributed by atoms with Gasteiger partial charge >= 0.3 is 0 Å². The molecule has 1 fully saturated rings. The van der Waals surface area contributed by atoms with E-state index in [2.05, 4.69) is 41.4 Å². The van der Waals surface area contributed by atoms with Gasteiger partial charge in [-0.1, -0.05) is 32.4 Å². The minimum absolute atomic E-state index is 0.436. The summed E-state index contributed by atoms with van der Waals surface area (Å²) in [6.45, 7) is 8.49. The van der Waals surface area contributed by atoms with Gasteiger partial charge in [-0.05, 0) is 30.6 Å². The molecule has 19 heavy (non-hydrogen) atoms. The molecule has 0 radical (unpaired) electrons. The van der Waals surface area contributed by atoms with E-state index in [0.717, 1.165) is 25.3 Å². The van der Waals surface area contributed by atoms with Crippen LogP contribution in [0.4, 0.5) is 11.8 Å². The van der Waals surface area contributed by atoms with E-state index < -0.39 is 0 Å². The highest BCUT2D eigenvalue weighted by Gasteiger charge is 2.45. The fourth-order valence-electron chi connectivity index (χ4n) is 2.19. The zero-order valence-corrected chi connectivity index (χ0v) is 12.7. The lowest BCUT2D eigenvalue weighted by atomic mass is 9.92. The van der Waals surface area contributed by atoms with Crippen LogP contribution in [0.15, 0.2) is 6.20 Å². The van der Waals surface area contributed by atoms with Gasteiger partial charge in [-0.2, -0.15) is 4.98 Å². The lowest BCUT2D eigenvalue weighted by Crippen LogP contribution is -2.21. The van der Waals surface area contributed by atoms with Gasteiger partial charge in [0, 0.05) is 13.1 Å². The van der Waals surface area contributed by atoms with Crippen molar-refractivity contribution in [2.75, 3.05) is 23.7 Å². The van der Waals surface area contributed by atoms with Gasteiger partial charge in [-0.3, -0.25) is 0 Å². The standard InChI is InChI=1S/C14H23ClN4/c1-4-7-16-13-17-8-11(15)12(19-13)18-9-14(5-6-14)10(2)3/h8,10H,4-7,9H2,1-3H3,(H2,16,17,18,19). The number of rotatable bonds is 7. The molecular weight excluding hydrogens is 260 g/mol. The smallest absolute Gasteiger partial charge is 0.224 e. The van der Waals surface area contributed by atoms with E-state index in [9.17, 15) is 0 Å². The maximum absolute atomic E-state index is 6.14. The summed E-state index contributed by atoms with van der Waals surface area (Å²) in [5, 5.41) is 7.15. The fourth-order valence-corrected chi connectivity index (χ4v) is 2.35. The Morgan fingerprint density at radius 2 is 2.11 bits per heavy atom. The highest BCUT2D eigenvalue weighted by Crippen LogP contribution is 2.51. The molecule has 4 nitrogen and oxygen atoms in total. The Morgan fingerprint density at radius 1 is 1.37 bits per heavy atom. The van der Waals surface area contributed by atoms with Crippen molar-refractivity contribution in [2.45, 2.75) is 40.0 Å². The summed E-state index contributed by atoms with van der Waals surface area (Å²) >= 11 is 6.14. The largest absolute Gasteiger partial charge is 0.368 e. The summed E-state index contributed by atoms with van der Waals surface area (Å²) in [5.74, 6) is 2.07. The molecule has 0 spiro atoms. The van der Waals surface area contributed by atoms with Crippen LogP contribution in [-0.4, -0.2) is 23.1 Å². The molecule has 0 saturated heterocycles. The number of nitrogens with one attached hydrogen (secondary N) is 2. The normalized spacial score (nSPS) is 16.5. The van der Waals surface area contributed by atoms with Crippen LogP contribution < -0.4 is 10.6 Å². The van der Waals surface area contributed by atoms with Crippen LogP contribution >= 0.6 is 11.6 Å². The molecule has 1 aliphatic rings. The summed E-state index contributed by atoms with van der Waals surface area (Å²) in [7, 11) is 0. The van der Waals surface area contributed by atoms with Gasteiger partial charge in [0.1, 0.15) is 5.02 Å². The number of anilines is 2. The first-order valence-electron chi connectivity index (χ1n) is 7.07. The van der Waals surface area contributed by atoms with Gasteiger partial charge in [-0.25, -0.2) is 4.98 Å². The highest BCUT2D eigenvalue weighted by atomic mass is 35.5. The first-order chi connectivity index (χ1) is 9.07. The second-order valence-corrected chi connectivity index (χ2v) is 6.09. The van der Waals surface area contributed by atoms with Crippen LogP contribution in [0.1, 0.15) is 40.0 Å². The third kappa shape index (κ3) is 3.50. The minimum Gasteiger partial charge on any atom is -0.368 e. The van der Waals surface area contributed by atoms with Gasteiger partial charge < -0.3 is 10.6 Å². The van der Waals surface area contributed by atoms with Gasteiger partial charge in [0.2, 0.25) is 5.95 Å². The Hall–Kier alpha value is -1.03. The molecule has 0 unspecified atom stereocenters. The predicted molar refractivity (Wildman–Crippen MR) is 80.8 cm³/mol. The number of halogens is 1. The van der Waals surface area contributed by atoms with Crippen LogP contribution in [0.2, 0.25) is 5.02 Å². The number of nitrogens with zero attached hydrogens (tertiary/aromatic N) is 2. The molecule has 1 aromatic heterocycles. The summed E-state index contributed by atoms with van der Waals surface area (Å²) < 4.78 is 0. The Labute approximate surface area is 120 Å².